The van der Waals surface area contributed by atoms with E-state index in [1.54, 1.807) is 11.3 Å². The number of hydrogen-bond donors (Lipinski definition) is 2. The maximum absolute atomic E-state index is 5.74. The summed E-state index contributed by atoms with van der Waals surface area (Å²) in [5, 5.41) is 5.19. The van der Waals surface area contributed by atoms with Gasteiger partial charge in [-0.15, -0.1) is 11.3 Å². The van der Waals surface area contributed by atoms with Crippen LogP contribution in [0.4, 0.5) is 5.69 Å². The topological polar surface area (TPSA) is 47.3 Å². The van der Waals surface area contributed by atoms with Gasteiger partial charge in [0.15, 0.2) is 0 Å². The summed E-state index contributed by atoms with van der Waals surface area (Å²) in [6.07, 6.45) is 0. The third-order valence-corrected chi connectivity index (χ3v) is 3.46. The van der Waals surface area contributed by atoms with Gasteiger partial charge in [-0.3, -0.25) is 0 Å². The molecule has 0 atom stereocenters. The van der Waals surface area contributed by atoms with E-state index in [1.807, 2.05) is 38.2 Å². The zero-order valence-electron chi connectivity index (χ0n) is 11.8. The molecule has 4 heteroatoms. The Morgan fingerprint density at radius 3 is 2.63 bits per heavy atom. The molecule has 0 fully saturated rings. The van der Waals surface area contributed by atoms with Crippen LogP contribution in [-0.2, 0) is 6.61 Å². The summed E-state index contributed by atoms with van der Waals surface area (Å²) in [7, 11) is 1.91. The fourth-order valence-electron chi connectivity index (χ4n) is 1.44. The lowest BCUT2D eigenvalue weighted by molar-refractivity contribution is 0.309. The maximum Gasteiger partial charge on any atom is 0.123 e. The summed E-state index contributed by atoms with van der Waals surface area (Å²) in [5.74, 6) is 0.902. The lowest BCUT2D eigenvalue weighted by Gasteiger charge is -2.07. The molecule has 3 N–H and O–H groups in total. The predicted octanol–water partition coefficient (Wildman–Crippen LogP) is 3.64. The van der Waals surface area contributed by atoms with Crippen molar-refractivity contribution in [2.75, 3.05) is 18.9 Å². The number of hydrogen-bond acceptors (Lipinski definition) is 4. The van der Waals surface area contributed by atoms with E-state index in [0.717, 1.165) is 18.0 Å². The second-order valence-electron chi connectivity index (χ2n) is 4.00. The number of nitrogens with one attached hydrogen (secondary N) is 1. The van der Waals surface area contributed by atoms with Crippen LogP contribution >= 0.6 is 11.3 Å². The fourth-order valence-corrected chi connectivity index (χ4v) is 2.26. The third kappa shape index (κ3) is 5.32. The van der Waals surface area contributed by atoms with Gasteiger partial charge < -0.3 is 15.8 Å². The third-order valence-electron chi connectivity index (χ3n) is 2.46. The molecule has 0 aliphatic carbocycles. The first-order chi connectivity index (χ1) is 9.21. The quantitative estimate of drug-likeness (QED) is 0.897. The van der Waals surface area contributed by atoms with Crippen molar-refractivity contribution in [1.82, 2.24) is 0 Å². The van der Waals surface area contributed by atoms with Gasteiger partial charge in [-0.05, 0) is 42.6 Å². The van der Waals surface area contributed by atoms with Crippen molar-refractivity contribution in [3.63, 3.8) is 0 Å². The number of rotatable bonds is 4. The van der Waals surface area contributed by atoms with Crippen LogP contribution in [0.25, 0.3) is 0 Å². The van der Waals surface area contributed by atoms with Crippen LogP contribution in [0.5, 0.6) is 5.75 Å². The number of benzene rings is 1. The molecule has 0 aliphatic rings. The Morgan fingerprint density at radius 2 is 2.05 bits per heavy atom. The molecule has 0 aliphatic heterocycles. The summed E-state index contributed by atoms with van der Waals surface area (Å²) in [6, 6.07) is 10.1. The maximum atomic E-state index is 5.74. The van der Waals surface area contributed by atoms with E-state index >= 15 is 0 Å². The number of aryl methyl sites for hydroxylation is 1. The molecule has 1 heterocycles. The van der Waals surface area contributed by atoms with E-state index in [2.05, 4.69) is 23.7 Å². The van der Waals surface area contributed by atoms with E-state index in [-0.39, 0.29) is 0 Å². The molecule has 1 aromatic heterocycles. The van der Waals surface area contributed by atoms with Crippen molar-refractivity contribution in [2.24, 2.45) is 5.73 Å². The first-order valence-corrected chi connectivity index (χ1v) is 7.22. The molecule has 2 rings (SSSR count). The summed E-state index contributed by atoms with van der Waals surface area (Å²) < 4.78 is 5.74. The van der Waals surface area contributed by atoms with Crippen LogP contribution in [0.15, 0.2) is 35.7 Å². The SMILES string of the molecule is CCN.CNc1cccc(OCc2sccc2C)c1. The Balaban J connectivity index is 0.000000550. The van der Waals surface area contributed by atoms with Crippen LogP contribution < -0.4 is 15.8 Å². The number of anilines is 1. The van der Waals surface area contributed by atoms with Crippen molar-refractivity contribution in [1.29, 1.82) is 0 Å². The van der Waals surface area contributed by atoms with Crippen molar-refractivity contribution >= 4 is 17.0 Å². The Hall–Kier alpha value is -1.52. The summed E-state index contributed by atoms with van der Waals surface area (Å²) in [4.78, 5) is 1.29. The van der Waals surface area contributed by atoms with Gasteiger partial charge in [0, 0.05) is 23.7 Å². The Kier molecular flexibility index (Phi) is 7.00. The molecule has 0 radical (unpaired) electrons. The molecular formula is C15H22N2OS. The van der Waals surface area contributed by atoms with Crippen LogP contribution in [-0.4, -0.2) is 13.6 Å². The minimum Gasteiger partial charge on any atom is -0.488 e. The molecule has 0 saturated carbocycles. The normalized spacial score (nSPS) is 9.47. The molecule has 0 unspecified atom stereocenters. The monoisotopic (exact) mass is 278 g/mol. The summed E-state index contributed by atoms with van der Waals surface area (Å²) in [5.41, 5.74) is 7.22. The largest absolute Gasteiger partial charge is 0.488 e. The molecule has 0 saturated heterocycles. The van der Waals surface area contributed by atoms with Gasteiger partial charge in [-0.25, -0.2) is 0 Å². The van der Waals surface area contributed by atoms with Crippen molar-refractivity contribution in [3.05, 3.63) is 46.2 Å². The van der Waals surface area contributed by atoms with Gasteiger partial charge in [0.2, 0.25) is 0 Å². The van der Waals surface area contributed by atoms with Crippen LogP contribution in [0.3, 0.4) is 0 Å². The van der Waals surface area contributed by atoms with Gasteiger partial charge in [0.25, 0.3) is 0 Å². The van der Waals surface area contributed by atoms with E-state index < -0.39 is 0 Å². The molecule has 0 amide bonds. The summed E-state index contributed by atoms with van der Waals surface area (Å²) >= 11 is 1.74. The van der Waals surface area contributed by atoms with Crippen LogP contribution in [0.1, 0.15) is 17.4 Å². The zero-order chi connectivity index (χ0) is 14.1. The van der Waals surface area contributed by atoms with Gasteiger partial charge in [-0.2, -0.15) is 0 Å². The van der Waals surface area contributed by atoms with E-state index in [1.165, 1.54) is 10.4 Å². The van der Waals surface area contributed by atoms with E-state index in [9.17, 15) is 0 Å². The minimum atomic E-state index is 0.649. The highest BCUT2D eigenvalue weighted by Gasteiger charge is 2.01. The van der Waals surface area contributed by atoms with Crippen molar-refractivity contribution < 1.29 is 4.74 Å². The average molecular weight is 278 g/mol. The summed E-state index contributed by atoms with van der Waals surface area (Å²) in [6.45, 7) is 5.41. The molecule has 0 bridgehead atoms. The first kappa shape index (κ1) is 15.5. The van der Waals surface area contributed by atoms with Gasteiger partial charge in [0.05, 0.1) is 0 Å². The van der Waals surface area contributed by atoms with Crippen LogP contribution in [0.2, 0.25) is 0 Å². The minimum absolute atomic E-state index is 0.649. The Labute approximate surface area is 119 Å². The van der Waals surface area contributed by atoms with Crippen LogP contribution in [0, 0.1) is 6.92 Å². The molecular weight excluding hydrogens is 256 g/mol. The van der Waals surface area contributed by atoms with Gasteiger partial charge in [-0.1, -0.05) is 13.0 Å². The smallest absolute Gasteiger partial charge is 0.123 e. The number of thiophene rings is 1. The molecule has 0 spiro atoms. The van der Waals surface area contributed by atoms with E-state index in [0.29, 0.717) is 6.61 Å². The fraction of sp³-hybridized carbons (Fsp3) is 0.333. The average Bonchev–Trinajstić information content (AvgIpc) is 2.83. The first-order valence-electron chi connectivity index (χ1n) is 6.34. The second-order valence-corrected chi connectivity index (χ2v) is 5.00. The number of ether oxygens (including phenoxy) is 1. The molecule has 19 heavy (non-hydrogen) atoms. The number of nitrogens with two attached hydrogens (primary N) is 1. The van der Waals surface area contributed by atoms with Crippen molar-refractivity contribution in [2.45, 2.75) is 20.5 Å². The van der Waals surface area contributed by atoms with Gasteiger partial charge in [0.1, 0.15) is 12.4 Å². The molecule has 2 aromatic rings. The Bertz CT molecular complexity index is 483. The highest BCUT2D eigenvalue weighted by molar-refractivity contribution is 7.10. The molecule has 1 aromatic carbocycles. The Morgan fingerprint density at radius 1 is 1.32 bits per heavy atom. The van der Waals surface area contributed by atoms with E-state index in [4.69, 9.17) is 10.5 Å². The molecule has 104 valence electrons. The predicted molar refractivity (Wildman–Crippen MR) is 84.1 cm³/mol. The highest BCUT2D eigenvalue weighted by Crippen LogP contribution is 2.21. The van der Waals surface area contributed by atoms with Crippen molar-refractivity contribution in [3.8, 4) is 5.75 Å². The lowest BCUT2D eigenvalue weighted by atomic mass is 10.3. The second kappa shape index (κ2) is 8.56. The standard InChI is InChI=1S/C13H15NOS.C2H7N/c1-10-6-7-16-13(10)9-15-12-5-3-4-11(8-12)14-2;1-2-3/h3-8,14H,9H2,1-2H3;2-3H2,1H3. The highest BCUT2D eigenvalue weighted by atomic mass is 32.1. The molecule has 3 nitrogen and oxygen atoms in total. The lowest BCUT2D eigenvalue weighted by Crippen LogP contribution is -1.95. The zero-order valence-corrected chi connectivity index (χ0v) is 12.6. The van der Waals surface area contributed by atoms with Gasteiger partial charge >= 0.3 is 0 Å².